The first kappa shape index (κ1) is 24.3. The Morgan fingerprint density at radius 1 is 1.19 bits per heavy atom. The van der Waals surface area contributed by atoms with Crippen molar-refractivity contribution in [2.45, 2.75) is 19.4 Å². The fraction of sp³-hybridized carbons (Fsp3) is 0.389. The Labute approximate surface area is 185 Å². The second kappa shape index (κ2) is 9.88. The number of carbonyl (C=O) groups is 2. The van der Waals surface area contributed by atoms with E-state index in [0.717, 1.165) is 21.3 Å². The van der Waals surface area contributed by atoms with Crippen LogP contribution in [-0.4, -0.2) is 45.5 Å². The third kappa shape index (κ3) is 5.20. The zero-order chi connectivity index (χ0) is 23.5. The zero-order valence-corrected chi connectivity index (χ0v) is 18.6. The van der Waals surface area contributed by atoms with E-state index in [-0.39, 0.29) is 28.6 Å². The van der Waals surface area contributed by atoms with Crippen LogP contribution in [0.25, 0.3) is 5.69 Å². The van der Waals surface area contributed by atoms with Crippen molar-refractivity contribution in [3.8, 4) is 11.4 Å². The van der Waals surface area contributed by atoms with Crippen molar-refractivity contribution < 1.29 is 28.2 Å². The van der Waals surface area contributed by atoms with E-state index >= 15 is 0 Å². The van der Waals surface area contributed by atoms with Gasteiger partial charge in [-0.25, -0.2) is 23.3 Å². The topological polar surface area (TPSA) is 111 Å². The van der Waals surface area contributed by atoms with Gasteiger partial charge < -0.3 is 14.2 Å². The number of hydrogen-bond donors (Lipinski definition) is 0. The molecule has 0 saturated heterocycles. The van der Waals surface area contributed by atoms with Crippen LogP contribution in [0.5, 0.6) is 5.75 Å². The number of ether oxygens (including phenoxy) is 3. The highest BCUT2D eigenvalue weighted by Gasteiger charge is 2.22. The molecule has 0 spiro atoms. The van der Waals surface area contributed by atoms with E-state index in [1.165, 1.54) is 28.1 Å². The van der Waals surface area contributed by atoms with Gasteiger partial charge >= 0.3 is 23.3 Å². The molecule has 0 amide bonds. The van der Waals surface area contributed by atoms with Crippen molar-refractivity contribution in [1.29, 1.82) is 0 Å². The zero-order valence-electron chi connectivity index (χ0n) is 17.0. The molecule has 31 heavy (non-hydrogen) atoms. The first-order chi connectivity index (χ1) is 14.5. The molecule has 1 heterocycles. The average molecular weight is 476 g/mol. The maximum Gasteiger partial charge on any atom is 0.347 e. The summed E-state index contributed by atoms with van der Waals surface area (Å²) in [5.74, 6) is -2.52. The summed E-state index contributed by atoms with van der Waals surface area (Å²) >= 11 is 11.0. The number of esters is 2. The van der Waals surface area contributed by atoms with Crippen LogP contribution < -0.4 is 16.1 Å². The fourth-order valence-electron chi connectivity index (χ4n) is 2.45. The van der Waals surface area contributed by atoms with Crippen LogP contribution in [0.2, 0.25) is 5.02 Å². The molecule has 0 aliphatic rings. The Morgan fingerprint density at radius 2 is 1.77 bits per heavy atom. The molecule has 0 radical (unpaired) electrons. The Hall–Kier alpha value is -2.99. The molecule has 2 rings (SSSR count). The van der Waals surface area contributed by atoms with Crippen molar-refractivity contribution in [2.24, 2.45) is 14.1 Å². The number of methoxy groups -OCH3 is 1. The van der Waals surface area contributed by atoms with Crippen LogP contribution in [0.3, 0.4) is 0 Å². The third-order valence-corrected chi connectivity index (χ3v) is 5.03. The maximum absolute atomic E-state index is 14.6. The van der Waals surface area contributed by atoms with Gasteiger partial charge in [0.05, 0.1) is 24.2 Å². The van der Waals surface area contributed by atoms with Crippen molar-refractivity contribution in [1.82, 2.24) is 13.7 Å². The minimum Gasteiger partial charge on any atom is -0.477 e. The van der Waals surface area contributed by atoms with E-state index < -0.39 is 40.9 Å². The van der Waals surface area contributed by atoms with Crippen molar-refractivity contribution in [3.05, 3.63) is 48.7 Å². The Kier molecular flexibility index (Phi) is 7.74. The van der Waals surface area contributed by atoms with Gasteiger partial charge in [0.1, 0.15) is 18.2 Å². The lowest BCUT2D eigenvalue weighted by Gasteiger charge is -2.17. The van der Waals surface area contributed by atoms with E-state index in [9.17, 15) is 23.6 Å². The molecule has 1 unspecified atom stereocenters. The largest absolute Gasteiger partial charge is 0.477 e. The summed E-state index contributed by atoms with van der Waals surface area (Å²) in [5, 5.41) is -0.204. The van der Waals surface area contributed by atoms with Crippen LogP contribution in [0.4, 0.5) is 4.39 Å². The molecule has 0 N–H and O–H groups in total. The molecule has 0 saturated carbocycles. The predicted octanol–water partition coefficient (Wildman–Crippen LogP) is 1.27. The molecule has 1 aromatic carbocycles. The molecule has 10 nitrogen and oxygen atoms in total. The smallest absolute Gasteiger partial charge is 0.347 e. The van der Waals surface area contributed by atoms with Gasteiger partial charge in [-0.3, -0.25) is 13.9 Å². The Bertz CT molecular complexity index is 1160. The first-order valence-corrected chi connectivity index (χ1v) is 9.56. The minimum absolute atomic E-state index is 0.0552. The summed E-state index contributed by atoms with van der Waals surface area (Å²) in [6.45, 7) is 1.12. The molecule has 13 heteroatoms. The summed E-state index contributed by atoms with van der Waals surface area (Å²) in [6, 6.07) is 1.86. The minimum atomic E-state index is -1.20. The third-order valence-electron chi connectivity index (χ3n) is 4.19. The van der Waals surface area contributed by atoms with Gasteiger partial charge in [0.25, 0.3) is 0 Å². The van der Waals surface area contributed by atoms with Gasteiger partial charge in [-0.1, -0.05) is 11.6 Å². The Balaban J connectivity index is 2.38. The molecule has 2 aromatic rings. The summed E-state index contributed by atoms with van der Waals surface area (Å²) < 4.78 is 31.9. The lowest BCUT2D eigenvalue weighted by Crippen LogP contribution is -2.43. The first-order valence-electron chi connectivity index (χ1n) is 8.78. The van der Waals surface area contributed by atoms with E-state index in [0.29, 0.717) is 4.57 Å². The molecule has 1 atom stereocenters. The maximum atomic E-state index is 14.6. The van der Waals surface area contributed by atoms with E-state index in [2.05, 4.69) is 4.74 Å². The van der Waals surface area contributed by atoms with Gasteiger partial charge in [-0.05, 0) is 25.2 Å². The monoisotopic (exact) mass is 475 g/mol. The highest BCUT2D eigenvalue weighted by atomic mass is 35.5. The molecule has 1 aromatic heterocycles. The van der Waals surface area contributed by atoms with E-state index in [1.54, 1.807) is 0 Å². The standard InChI is InChI=1S/C18H19ClFN3O7S/c1-9(15(25)29-6-5-14(24)28-4)30-13-8-12(11(20)7-10(13)19)23-16(26)21(2)18(31)22(3)17(23)27/h7-9H,5-6H2,1-4H3. The van der Waals surface area contributed by atoms with Crippen molar-refractivity contribution >= 4 is 35.8 Å². The number of benzene rings is 1. The van der Waals surface area contributed by atoms with Gasteiger partial charge in [-0.15, -0.1) is 0 Å². The lowest BCUT2D eigenvalue weighted by molar-refractivity contribution is -0.153. The molecule has 0 aliphatic carbocycles. The number of aromatic nitrogens is 3. The van der Waals surface area contributed by atoms with Gasteiger partial charge in [0.15, 0.2) is 10.9 Å². The SMILES string of the molecule is COC(=O)CCOC(=O)C(C)Oc1cc(-n2c(=O)n(C)c(=S)n(C)c2=O)c(F)cc1Cl. The van der Waals surface area contributed by atoms with Crippen LogP contribution in [0, 0.1) is 10.6 Å². The molecular weight excluding hydrogens is 457 g/mol. The van der Waals surface area contributed by atoms with E-state index in [4.69, 9.17) is 33.3 Å². The predicted molar refractivity (Wildman–Crippen MR) is 110 cm³/mol. The van der Waals surface area contributed by atoms with Crippen molar-refractivity contribution in [2.75, 3.05) is 13.7 Å². The summed E-state index contributed by atoms with van der Waals surface area (Å²) in [6.07, 6.45) is -1.34. The van der Waals surface area contributed by atoms with E-state index in [1.807, 2.05) is 0 Å². The molecule has 0 fully saturated rings. The lowest BCUT2D eigenvalue weighted by atomic mass is 10.2. The van der Waals surface area contributed by atoms with Gasteiger partial charge in [-0.2, -0.15) is 0 Å². The van der Waals surface area contributed by atoms with Crippen LogP contribution in [0.15, 0.2) is 21.7 Å². The number of carbonyl (C=O) groups excluding carboxylic acids is 2. The van der Waals surface area contributed by atoms with Crippen LogP contribution in [0.1, 0.15) is 13.3 Å². The summed E-state index contributed by atoms with van der Waals surface area (Å²) in [5.41, 5.74) is -2.20. The highest BCUT2D eigenvalue weighted by molar-refractivity contribution is 7.71. The number of halogens is 2. The second-order valence-electron chi connectivity index (χ2n) is 6.29. The summed E-state index contributed by atoms with van der Waals surface area (Å²) in [7, 11) is 3.86. The molecular formula is C18H19ClFN3O7S. The molecule has 168 valence electrons. The van der Waals surface area contributed by atoms with Crippen LogP contribution in [-0.2, 0) is 33.2 Å². The fourth-order valence-corrected chi connectivity index (χ4v) is 2.80. The quantitative estimate of drug-likeness (QED) is 0.435. The highest BCUT2D eigenvalue weighted by Crippen LogP contribution is 2.30. The van der Waals surface area contributed by atoms with Crippen LogP contribution >= 0.6 is 23.8 Å². The molecule has 0 bridgehead atoms. The van der Waals surface area contributed by atoms with Gasteiger partial charge in [0.2, 0.25) is 0 Å². The molecule has 0 aliphatic heterocycles. The van der Waals surface area contributed by atoms with Crippen molar-refractivity contribution in [3.63, 3.8) is 0 Å². The number of nitrogens with zero attached hydrogens (tertiary/aromatic N) is 3. The summed E-state index contributed by atoms with van der Waals surface area (Å²) in [4.78, 5) is 48.2. The number of hydrogen-bond acceptors (Lipinski definition) is 8. The van der Waals surface area contributed by atoms with Gasteiger partial charge in [0, 0.05) is 20.2 Å². The average Bonchev–Trinajstić information content (AvgIpc) is 2.73. The second-order valence-corrected chi connectivity index (χ2v) is 7.06. The normalized spacial score (nSPS) is 11.7. The Morgan fingerprint density at radius 3 is 2.32 bits per heavy atom. The number of rotatable bonds is 7.